The minimum atomic E-state index is -3.84. The maximum Gasteiger partial charge on any atom is 0.238 e. The van der Waals surface area contributed by atoms with Gasteiger partial charge in [-0.1, -0.05) is 29.8 Å². The number of primary sulfonamides is 1. The number of halogens is 1. The van der Waals surface area contributed by atoms with Crippen molar-refractivity contribution in [2.45, 2.75) is 18.4 Å². The van der Waals surface area contributed by atoms with Gasteiger partial charge in [-0.05, 0) is 43.4 Å². The van der Waals surface area contributed by atoms with Crippen LogP contribution in [0.2, 0.25) is 5.02 Å². The largest absolute Gasteiger partial charge is 0.493 e. The zero-order valence-corrected chi connectivity index (χ0v) is 17.0. The van der Waals surface area contributed by atoms with Crippen LogP contribution in [0.4, 0.5) is 11.4 Å². The Hall–Kier alpha value is -2.53. The molecular weight excluding hydrogens is 422 g/mol. The van der Waals surface area contributed by atoms with Crippen molar-refractivity contribution in [2.24, 2.45) is 15.4 Å². The minimum absolute atomic E-state index is 0.0228. The number of aromatic hydroxyl groups is 1. The Balaban J connectivity index is 1.90. The van der Waals surface area contributed by atoms with Gasteiger partial charge in [-0.25, -0.2) is 13.6 Å². The molecule has 0 aliphatic carbocycles. The SMILES string of the molecule is CCn1c(O)c(N=NC(=S)Nc2cccc(S(N)(=O)=O)c2)c2cccc(Cl)c21. The van der Waals surface area contributed by atoms with Crippen molar-refractivity contribution in [3.05, 3.63) is 47.5 Å². The molecule has 28 heavy (non-hydrogen) atoms. The van der Waals surface area contributed by atoms with E-state index in [4.69, 9.17) is 29.0 Å². The third-order valence-corrected chi connectivity index (χ3v) is 5.35. The van der Waals surface area contributed by atoms with Crippen LogP contribution in [0.5, 0.6) is 5.88 Å². The summed E-state index contributed by atoms with van der Waals surface area (Å²) < 4.78 is 24.5. The number of aromatic nitrogens is 1. The van der Waals surface area contributed by atoms with E-state index in [1.165, 1.54) is 18.2 Å². The number of nitrogens with zero attached hydrogens (tertiary/aromatic N) is 3. The predicted octanol–water partition coefficient (Wildman–Crippen LogP) is 4.15. The number of nitrogens with two attached hydrogens (primary N) is 1. The summed E-state index contributed by atoms with van der Waals surface area (Å²) in [6, 6.07) is 11.1. The number of rotatable bonds is 4. The average molecular weight is 438 g/mol. The van der Waals surface area contributed by atoms with Crippen LogP contribution in [0, 0.1) is 0 Å². The Kier molecular flexibility index (Phi) is 5.66. The molecule has 0 fully saturated rings. The van der Waals surface area contributed by atoms with E-state index < -0.39 is 10.0 Å². The molecule has 1 heterocycles. The molecule has 11 heteroatoms. The number of sulfonamides is 1. The highest BCUT2D eigenvalue weighted by Gasteiger charge is 2.18. The van der Waals surface area contributed by atoms with Gasteiger partial charge in [-0.2, -0.15) is 0 Å². The monoisotopic (exact) mass is 437 g/mol. The van der Waals surface area contributed by atoms with Crippen LogP contribution in [-0.4, -0.2) is 23.2 Å². The molecule has 0 bridgehead atoms. The number of anilines is 1. The number of nitrogens with one attached hydrogen (secondary N) is 1. The van der Waals surface area contributed by atoms with Gasteiger partial charge in [0, 0.05) is 17.6 Å². The number of azo groups is 1. The molecule has 0 unspecified atom stereocenters. The summed E-state index contributed by atoms with van der Waals surface area (Å²) >= 11 is 11.4. The predicted molar refractivity (Wildman–Crippen MR) is 113 cm³/mol. The quantitative estimate of drug-likeness (QED) is 0.418. The first-order chi connectivity index (χ1) is 13.2. The van der Waals surface area contributed by atoms with E-state index in [2.05, 4.69) is 15.5 Å². The van der Waals surface area contributed by atoms with Crippen molar-refractivity contribution in [1.82, 2.24) is 4.57 Å². The number of benzene rings is 2. The molecule has 2 aromatic carbocycles. The fourth-order valence-corrected chi connectivity index (χ4v) is 3.73. The Morgan fingerprint density at radius 1 is 1.32 bits per heavy atom. The molecule has 8 nitrogen and oxygen atoms in total. The van der Waals surface area contributed by atoms with Crippen LogP contribution >= 0.6 is 23.8 Å². The minimum Gasteiger partial charge on any atom is -0.493 e. The third-order valence-electron chi connectivity index (χ3n) is 3.95. The Bertz CT molecular complexity index is 1200. The van der Waals surface area contributed by atoms with Gasteiger partial charge in [0.1, 0.15) is 0 Å². The maximum atomic E-state index is 11.4. The number of para-hydroxylation sites is 1. The lowest BCUT2D eigenvalue weighted by molar-refractivity contribution is 0.427. The molecule has 0 radical (unpaired) electrons. The summed E-state index contributed by atoms with van der Waals surface area (Å²) in [5.41, 5.74) is 1.28. The van der Waals surface area contributed by atoms with Crippen molar-refractivity contribution >= 4 is 61.2 Å². The first kappa shape index (κ1) is 20.2. The molecular formula is C17H16ClN5O3S2. The molecule has 0 amide bonds. The number of hydrogen-bond donors (Lipinski definition) is 3. The fraction of sp³-hybridized carbons (Fsp3) is 0.118. The van der Waals surface area contributed by atoms with Gasteiger partial charge in [0.15, 0.2) is 5.69 Å². The van der Waals surface area contributed by atoms with E-state index in [1.54, 1.807) is 28.8 Å². The molecule has 0 saturated heterocycles. The van der Waals surface area contributed by atoms with Crippen molar-refractivity contribution < 1.29 is 13.5 Å². The summed E-state index contributed by atoms with van der Waals surface area (Å²) in [7, 11) is -3.84. The zero-order valence-electron chi connectivity index (χ0n) is 14.6. The second-order valence-electron chi connectivity index (χ2n) is 5.76. The zero-order chi connectivity index (χ0) is 20.5. The highest BCUT2D eigenvalue weighted by Crippen LogP contribution is 2.41. The molecule has 3 aromatic rings. The Morgan fingerprint density at radius 3 is 2.71 bits per heavy atom. The summed E-state index contributed by atoms with van der Waals surface area (Å²) in [5.74, 6) is -0.0756. The van der Waals surface area contributed by atoms with Crippen LogP contribution in [0.3, 0.4) is 0 Å². The molecule has 0 aliphatic heterocycles. The smallest absolute Gasteiger partial charge is 0.238 e. The first-order valence-corrected chi connectivity index (χ1v) is 10.4. The number of hydrogen-bond acceptors (Lipinski definition) is 5. The van der Waals surface area contributed by atoms with Gasteiger partial charge in [0.05, 0.1) is 15.4 Å². The molecule has 0 atom stereocenters. The first-order valence-electron chi connectivity index (χ1n) is 8.07. The lowest BCUT2D eigenvalue weighted by Gasteiger charge is -2.05. The van der Waals surface area contributed by atoms with Crippen molar-refractivity contribution in [2.75, 3.05) is 5.32 Å². The summed E-state index contributed by atoms with van der Waals surface area (Å²) in [6.45, 7) is 2.36. The number of thiocarbonyl (C=S) groups is 1. The van der Waals surface area contributed by atoms with Gasteiger partial charge in [-0.3, -0.25) is 0 Å². The van der Waals surface area contributed by atoms with Crippen LogP contribution in [0.25, 0.3) is 10.9 Å². The van der Waals surface area contributed by atoms with Gasteiger partial charge >= 0.3 is 0 Å². The normalized spacial score (nSPS) is 12.0. The van der Waals surface area contributed by atoms with E-state index >= 15 is 0 Å². The third kappa shape index (κ3) is 3.99. The van der Waals surface area contributed by atoms with E-state index in [1.807, 2.05) is 6.92 Å². The summed E-state index contributed by atoms with van der Waals surface area (Å²) in [4.78, 5) is -0.0597. The standard InChI is InChI=1S/C17H16ClN5O3S2/c1-2-23-15-12(7-4-8-13(15)18)14(16(23)24)21-22-17(27)20-10-5-3-6-11(9-10)28(19,25)26/h3-9,24H,2H2,1H3,(H,20,27)(H2,19,25,26). The fourth-order valence-electron chi connectivity index (χ4n) is 2.74. The van der Waals surface area contributed by atoms with Gasteiger partial charge in [0.25, 0.3) is 0 Å². The highest BCUT2D eigenvalue weighted by molar-refractivity contribution is 7.89. The van der Waals surface area contributed by atoms with E-state index in [0.717, 1.165) is 0 Å². The van der Waals surface area contributed by atoms with Crippen LogP contribution in [-0.2, 0) is 16.6 Å². The van der Waals surface area contributed by atoms with Crippen LogP contribution < -0.4 is 10.5 Å². The van der Waals surface area contributed by atoms with Crippen molar-refractivity contribution in [3.63, 3.8) is 0 Å². The maximum absolute atomic E-state index is 11.4. The van der Waals surface area contributed by atoms with Crippen molar-refractivity contribution in [3.8, 4) is 5.88 Å². The van der Waals surface area contributed by atoms with E-state index in [9.17, 15) is 13.5 Å². The van der Waals surface area contributed by atoms with Crippen molar-refractivity contribution in [1.29, 1.82) is 0 Å². The number of aryl methyl sites for hydroxylation is 1. The van der Waals surface area contributed by atoms with Gasteiger partial charge in [0.2, 0.25) is 21.0 Å². The van der Waals surface area contributed by atoms with Gasteiger partial charge in [-0.15, -0.1) is 10.2 Å². The second-order valence-corrected chi connectivity index (χ2v) is 8.11. The topological polar surface area (TPSA) is 122 Å². The van der Waals surface area contributed by atoms with Gasteiger partial charge < -0.3 is 15.0 Å². The Morgan fingerprint density at radius 2 is 2.04 bits per heavy atom. The lowest BCUT2D eigenvalue weighted by atomic mass is 10.2. The van der Waals surface area contributed by atoms with Crippen LogP contribution in [0.1, 0.15) is 6.92 Å². The molecule has 0 spiro atoms. The summed E-state index contributed by atoms with van der Waals surface area (Å²) in [6.07, 6.45) is 0. The molecule has 146 valence electrons. The molecule has 3 rings (SSSR count). The second kappa shape index (κ2) is 7.84. The molecule has 4 N–H and O–H groups in total. The Labute approximate surface area is 171 Å². The average Bonchev–Trinajstić information content (AvgIpc) is 2.91. The van der Waals surface area contributed by atoms with Crippen LogP contribution in [0.15, 0.2) is 57.6 Å². The number of fused-ring (bicyclic) bond motifs is 1. The molecule has 1 aromatic heterocycles. The molecule has 0 saturated carbocycles. The molecule has 0 aliphatic rings. The highest BCUT2D eigenvalue weighted by atomic mass is 35.5. The van der Waals surface area contributed by atoms with E-state index in [-0.39, 0.29) is 21.6 Å². The summed E-state index contributed by atoms with van der Waals surface area (Å²) in [5, 5.41) is 27.4. The lowest BCUT2D eigenvalue weighted by Crippen LogP contribution is -2.13. The van der Waals surface area contributed by atoms with E-state index in [0.29, 0.717) is 28.2 Å².